The number of thiocarbonyl (C=S) groups is 1. The monoisotopic (exact) mass is 331 g/mol. The van der Waals surface area contributed by atoms with Crippen LogP contribution in [0.5, 0.6) is 5.75 Å². The predicted octanol–water partition coefficient (Wildman–Crippen LogP) is 3.94. The molecule has 0 saturated carbocycles. The Balaban J connectivity index is 1.97. The van der Waals surface area contributed by atoms with Crippen LogP contribution in [0.2, 0.25) is 0 Å². The van der Waals surface area contributed by atoms with Crippen LogP contribution in [0.1, 0.15) is 5.56 Å². The first kappa shape index (κ1) is 14.7. The summed E-state index contributed by atoms with van der Waals surface area (Å²) in [5.74, 6) is -0.682. The number of phenols is 1. The van der Waals surface area contributed by atoms with Crippen molar-refractivity contribution in [2.45, 2.75) is 0 Å². The van der Waals surface area contributed by atoms with Crippen molar-refractivity contribution in [1.29, 1.82) is 0 Å². The molecule has 0 aromatic heterocycles. The molecule has 0 radical (unpaired) electrons. The molecule has 2 aromatic rings. The number of hydrogen-bond donors (Lipinski definition) is 1. The van der Waals surface area contributed by atoms with Gasteiger partial charge >= 0.3 is 0 Å². The van der Waals surface area contributed by atoms with Crippen LogP contribution in [0.3, 0.4) is 0 Å². The molecule has 1 aliphatic rings. The molecule has 22 heavy (non-hydrogen) atoms. The lowest BCUT2D eigenvalue weighted by Crippen LogP contribution is -2.27. The Kier molecular flexibility index (Phi) is 3.96. The molecule has 1 N–H and O–H groups in total. The summed E-state index contributed by atoms with van der Waals surface area (Å²) in [5, 5.41) is 9.78. The molecule has 2 aromatic carbocycles. The molecule has 3 rings (SSSR count). The van der Waals surface area contributed by atoms with E-state index < -0.39 is 5.82 Å². The summed E-state index contributed by atoms with van der Waals surface area (Å²) in [7, 11) is 0. The molecule has 0 spiro atoms. The second-order valence-electron chi connectivity index (χ2n) is 4.56. The van der Waals surface area contributed by atoms with E-state index in [9.17, 15) is 14.3 Å². The number of halogens is 1. The molecule has 1 aliphatic heterocycles. The lowest BCUT2D eigenvalue weighted by molar-refractivity contribution is -0.113. The van der Waals surface area contributed by atoms with Gasteiger partial charge in [0.2, 0.25) is 0 Å². The maximum absolute atomic E-state index is 13.3. The molecule has 0 atom stereocenters. The Morgan fingerprint density at radius 2 is 1.95 bits per heavy atom. The van der Waals surface area contributed by atoms with Gasteiger partial charge in [0.25, 0.3) is 5.91 Å². The number of benzene rings is 2. The molecule has 0 bridgehead atoms. The van der Waals surface area contributed by atoms with Crippen LogP contribution in [0.4, 0.5) is 10.1 Å². The summed E-state index contributed by atoms with van der Waals surface area (Å²) in [6.07, 6.45) is 1.58. The van der Waals surface area contributed by atoms with Gasteiger partial charge in [-0.1, -0.05) is 48.2 Å². The number of thioether (sulfide) groups is 1. The van der Waals surface area contributed by atoms with Gasteiger partial charge in [0.05, 0.1) is 10.6 Å². The van der Waals surface area contributed by atoms with E-state index in [0.29, 0.717) is 20.5 Å². The minimum Gasteiger partial charge on any atom is -0.507 e. The third kappa shape index (κ3) is 2.75. The molecule has 1 saturated heterocycles. The molecule has 110 valence electrons. The van der Waals surface area contributed by atoms with Crippen LogP contribution >= 0.6 is 24.0 Å². The number of carbonyl (C=O) groups is 1. The average molecular weight is 331 g/mol. The highest BCUT2D eigenvalue weighted by atomic mass is 32.2. The lowest BCUT2D eigenvalue weighted by Gasteiger charge is -2.14. The fourth-order valence-corrected chi connectivity index (χ4v) is 3.35. The molecule has 0 aliphatic carbocycles. The van der Waals surface area contributed by atoms with Crippen molar-refractivity contribution in [2.24, 2.45) is 0 Å². The Bertz CT molecular complexity index is 804. The smallest absolute Gasteiger partial charge is 0.270 e. The second-order valence-corrected chi connectivity index (χ2v) is 6.23. The van der Waals surface area contributed by atoms with E-state index in [1.54, 1.807) is 36.4 Å². The Labute approximate surface area is 136 Å². The molecule has 6 heteroatoms. The zero-order chi connectivity index (χ0) is 15.7. The van der Waals surface area contributed by atoms with Gasteiger partial charge in [0.1, 0.15) is 11.6 Å². The van der Waals surface area contributed by atoms with Gasteiger partial charge in [-0.3, -0.25) is 9.69 Å². The highest BCUT2D eigenvalue weighted by Crippen LogP contribution is 2.37. The van der Waals surface area contributed by atoms with Crippen LogP contribution in [-0.4, -0.2) is 15.3 Å². The zero-order valence-electron chi connectivity index (χ0n) is 11.2. The van der Waals surface area contributed by atoms with Crippen LogP contribution in [0.25, 0.3) is 6.08 Å². The van der Waals surface area contributed by atoms with Gasteiger partial charge in [0, 0.05) is 5.56 Å². The summed E-state index contributed by atoms with van der Waals surface area (Å²) < 4.78 is 13.7. The van der Waals surface area contributed by atoms with Crippen LogP contribution in [-0.2, 0) is 4.79 Å². The summed E-state index contributed by atoms with van der Waals surface area (Å²) in [5.41, 5.74) is 0.922. The van der Waals surface area contributed by atoms with Crippen LogP contribution in [0, 0.1) is 5.82 Å². The van der Waals surface area contributed by atoms with E-state index in [1.807, 2.05) is 0 Å². The summed E-state index contributed by atoms with van der Waals surface area (Å²) in [6, 6.07) is 12.4. The van der Waals surface area contributed by atoms with E-state index in [0.717, 1.165) is 11.8 Å². The minimum atomic E-state index is -0.434. The minimum absolute atomic E-state index is 0.0820. The van der Waals surface area contributed by atoms with Crippen molar-refractivity contribution in [3.05, 3.63) is 64.8 Å². The molecular formula is C16H10FNO2S2. The third-order valence-corrected chi connectivity index (χ3v) is 4.39. The second kappa shape index (κ2) is 5.90. The van der Waals surface area contributed by atoms with Gasteiger partial charge < -0.3 is 5.11 Å². The van der Waals surface area contributed by atoms with Crippen molar-refractivity contribution in [2.75, 3.05) is 4.90 Å². The number of anilines is 1. The van der Waals surface area contributed by atoms with Gasteiger partial charge in [-0.2, -0.15) is 0 Å². The molecule has 1 fully saturated rings. The number of rotatable bonds is 2. The maximum atomic E-state index is 13.3. The fourth-order valence-electron chi connectivity index (χ4n) is 2.06. The molecule has 0 unspecified atom stereocenters. The quantitative estimate of drug-likeness (QED) is 0.668. The van der Waals surface area contributed by atoms with Gasteiger partial charge in [-0.25, -0.2) is 4.39 Å². The maximum Gasteiger partial charge on any atom is 0.270 e. The van der Waals surface area contributed by atoms with E-state index >= 15 is 0 Å². The van der Waals surface area contributed by atoms with Gasteiger partial charge in [0.15, 0.2) is 4.32 Å². The lowest BCUT2D eigenvalue weighted by atomic mass is 10.2. The van der Waals surface area contributed by atoms with Crippen molar-refractivity contribution in [3.8, 4) is 5.75 Å². The standard InChI is InChI=1S/C16H10FNO2S2/c17-11-5-3-6-12(9-11)18-15(20)14(22-16(18)21)8-10-4-1-2-7-13(10)19/h1-9,19H/b14-8-. The summed E-state index contributed by atoms with van der Waals surface area (Å²) >= 11 is 6.33. The normalized spacial score (nSPS) is 16.6. The summed E-state index contributed by atoms with van der Waals surface area (Å²) in [6.45, 7) is 0. The molecule has 3 nitrogen and oxygen atoms in total. The topological polar surface area (TPSA) is 40.5 Å². The van der Waals surface area contributed by atoms with E-state index in [4.69, 9.17) is 12.2 Å². The largest absolute Gasteiger partial charge is 0.507 e. The Morgan fingerprint density at radius 3 is 2.68 bits per heavy atom. The van der Waals surface area contributed by atoms with Gasteiger partial charge in [-0.15, -0.1) is 0 Å². The number of nitrogens with zero attached hydrogens (tertiary/aromatic N) is 1. The summed E-state index contributed by atoms with van der Waals surface area (Å²) in [4.78, 5) is 14.2. The van der Waals surface area contributed by atoms with Crippen LogP contribution < -0.4 is 4.90 Å². The van der Waals surface area contributed by atoms with E-state index in [-0.39, 0.29) is 11.7 Å². The van der Waals surface area contributed by atoms with Crippen molar-refractivity contribution >= 4 is 46.0 Å². The van der Waals surface area contributed by atoms with Crippen LogP contribution in [0.15, 0.2) is 53.4 Å². The predicted molar refractivity (Wildman–Crippen MR) is 90.2 cm³/mol. The van der Waals surface area contributed by atoms with Crippen molar-refractivity contribution in [3.63, 3.8) is 0 Å². The number of aromatic hydroxyl groups is 1. The zero-order valence-corrected chi connectivity index (χ0v) is 12.8. The number of phenolic OH excluding ortho intramolecular Hbond substituents is 1. The number of para-hydroxylation sites is 1. The average Bonchev–Trinajstić information content (AvgIpc) is 2.76. The fraction of sp³-hybridized carbons (Fsp3) is 0. The highest BCUT2D eigenvalue weighted by molar-refractivity contribution is 8.27. The Morgan fingerprint density at radius 1 is 1.18 bits per heavy atom. The van der Waals surface area contributed by atoms with E-state index in [2.05, 4.69) is 0 Å². The molecular weight excluding hydrogens is 321 g/mol. The number of hydrogen-bond acceptors (Lipinski definition) is 4. The molecule has 1 amide bonds. The first-order valence-electron chi connectivity index (χ1n) is 6.38. The van der Waals surface area contributed by atoms with Gasteiger partial charge in [-0.05, 0) is 30.3 Å². The van der Waals surface area contributed by atoms with Crippen molar-refractivity contribution in [1.82, 2.24) is 0 Å². The third-order valence-electron chi connectivity index (χ3n) is 3.08. The first-order chi connectivity index (χ1) is 10.6. The van der Waals surface area contributed by atoms with Crippen molar-refractivity contribution < 1.29 is 14.3 Å². The Hall–Kier alpha value is -2.18. The number of amides is 1. The SMILES string of the molecule is O=C1/C(=C/c2ccccc2O)SC(=S)N1c1cccc(F)c1. The number of carbonyl (C=O) groups excluding carboxylic acids is 1. The van der Waals surface area contributed by atoms with E-state index in [1.165, 1.54) is 23.1 Å². The highest BCUT2D eigenvalue weighted by Gasteiger charge is 2.33. The first-order valence-corrected chi connectivity index (χ1v) is 7.60. The molecule has 1 heterocycles.